The number of imidazole rings is 1. The van der Waals surface area contributed by atoms with Crippen molar-refractivity contribution in [3.63, 3.8) is 0 Å². The van der Waals surface area contributed by atoms with Gasteiger partial charge in [0.1, 0.15) is 17.5 Å². The van der Waals surface area contributed by atoms with Gasteiger partial charge in [0, 0.05) is 5.69 Å². The predicted octanol–water partition coefficient (Wildman–Crippen LogP) is 4.38. The molecular formula is C23H23N5. The van der Waals surface area contributed by atoms with Gasteiger partial charge < -0.3 is 4.57 Å². The lowest BCUT2D eigenvalue weighted by Crippen LogP contribution is -2.09. The maximum absolute atomic E-state index is 4.98. The maximum atomic E-state index is 4.98. The Balaban J connectivity index is 1.65. The molecule has 0 unspecified atom stereocenters. The Morgan fingerprint density at radius 1 is 0.964 bits per heavy atom. The number of nitrogens with zero attached hydrogens (tertiary/aromatic N) is 5. The van der Waals surface area contributed by atoms with Crippen LogP contribution in [0.1, 0.15) is 42.1 Å². The van der Waals surface area contributed by atoms with Crippen molar-refractivity contribution in [1.29, 1.82) is 0 Å². The molecule has 5 heteroatoms. The highest BCUT2D eigenvalue weighted by Gasteiger charge is 2.21. The second-order valence-corrected chi connectivity index (χ2v) is 7.41. The fraction of sp³-hybridized carbons (Fsp3) is 0.304. The third-order valence-corrected chi connectivity index (χ3v) is 5.58. The molecule has 0 spiro atoms. The lowest BCUT2D eigenvalue weighted by molar-refractivity contribution is 0.681. The van der Waals surface area contributed by atoms with Crippen LogP contribution in [0.15, 0.2) is 49.1 Å². The van der Waals surface area contributed by atoms with Crippen molar-refractivity contribution in [2.24, 2.45) is 0 Å². The average molecular weight is 369 g/mol. The Hall–Kier alpha value is -3.08. The van der Waals surface area contributed by atoms with Crippen molar-refractivity contribution in [2.45, 2.75) is 45.6 Å². The van der Waals surface area contributed by atoms with Gasteiger partial charge in [-0.15, -0.1) is 0 Å². The van der Waals surface area contributed by atoms with E-state index in [0.29, 0.717) is 0 Å². The highest BCUT2D eigenvalue weighted by molar-refractivity contribution is 5.87. The number of hydrogen-bond donors (Lipinski definition) is 0. The normalized spacial score (nSPS) is 13.6. The quantitative estimate of drug-likeness (QED) is 0.536. The molecule has 0 radical (unpaired) electrons. The fourth-order valence-electron chi connectivity index (χ4n) is 4.13. The highest BCUT2D eigenvalue weighted by atomic mass is 15.1. The van der Waals surface area contributed by atoms with Gasteiger partial charge in [-0.25, -0.2) is 15.0 Å². The maximum Gasteiger partial charge on any atom is 0.164 e. The fourth-order valence-corrected chi connectivity index (χ4v) is 4.13. The largest absolute Gasteiger partial charge is 0.311 e. The summed E-state index contributed by atoms with van der Waals surface area (Å²) in [6.07, 6.45) is 9.11. The predicted molar refractivity (Wildman–Crippen MR) is 110 cm³/mol. The third kappa shape index (κ3) is 2.97. The number of pyridine rings is 1. The smallest absolute Gasteiger partial charge is 0.164 e. The van der Waals surface area contributed by atoms with Gasteiger partial charge in [0.25, 0.3) is 0 Å². The molecule has 0 N–H and O–H groups in total. The number of hydrogen-bond acceptors (Lipinski definition) is 4. The van der Waals surface area contributed by atoms with Crippen LogP contribution in [-0.4, -0.2) is 24.5 Å². The van der Waals surface area contributed by atoms with E-state index in [1.807, 2.05) is 12.4 Å². The first kappa shape index (κ1) is 17.0. The molecule has 1 aromatic carbocycles. The third-order valence-electron chi connectivity index (χ3n) is 5.58. The number of aromatic nitrogens is 5. The number of fused-ring (bicyclic) bond motifs is 2. The Morgan fingerprint density at radius 3 is 2.68 bits per heavy atom. The second kappa shape index (κ2) is 7.15. The summed E-state index contributed by atoms with van der Waals surface area (Å²) >= 11 is 0. The van der Waals surface area contributed by atoms with Gasteiger partial charge in [-0.3, -0.25) is 4.98 Å². The molecule has 1 aliphatic carbocycles. The van der Waals surface area contributed by atoms with Crippen LogP contribution >= 0.6 is 0 Å². The first-order valence-electron chi connectivity index (χ1n) is 10.1. The van der Waals surface area contributed by atoms with E-state index in [2.05, 4.69) is 51.8 Å². The van der Waals surface area contributed by atoms with Gasteiger partial charge in [-0.1, -0.05) is 37.3 Å². The Bertz CT molecular complexity index is 1130. The molecule has 28 heavy (non-hydrogen) atoms. The Labute approximate surface area is 164 Å². The van der Waals surface area contributed by atoms with Crippen molar-refractivity contribution < 1.29 is 0 Å². The van der Waals surface area contributed by atoms with Crippen molar-refractivity contribution in [2.75, 3.05) is 0 Å². The van der Waals surface area contributed by atoms with E-state index in [1.165, 1.54) is 29.5 Å². The molecule has 0 aliphatic heterocycles. The lowest BCUT2D eigenvalue weighted by atomic mass is 9.89. The molecule has 1 aliphatic rings. The van der Waals surface area contributed by atoms with Gasteiger partial charge in [0.05, 0.1) is 18.6 Å². The average Bonchev–Trinajstić information content (AvgIpc) is 3.16. The molecule has 3 aromatic heterocycles. The topological polar surface area (TPSA) is 56.5 Å². The van der Waals surface area contributed by atoms with Gasteiger partial charge in [-0.05, 0) is 54.9 Å². The molecule has 140 valence electrons. The van der Waals surface area contributed by atoms with Crippen molar-refractivity contribution in [3.8, 4) is 11.4 Å². The molecule has 4 aromatic rings. The summed E-state index contributed by atoms with van der Waals surface area (Å²) in [6.45, 7) is 2.90. The molecule has 0 fully saturated rings. The monoisotopic (exact) mass is 369 g/mol. The van der Waals surface area contributed by atoms with E-state index >= 15 is 0 Å². The van der Waals surface area contributed by atoms with E-state index in [1.54, 1.807) is 6.33 Å². The van der Waals surface area contributed by atoms with Crippen molar-refractivity contribution >= 4 is 11.2 Å². The van der Waals surface area contributed by atoms with E-state index < -0.39 is 0 Å². The van der Waals surface area contributed by atoms with Crippen LogP contribution in [-0.2, 0) is 25.8 Å². The zero-order valence-electron chi connectivity index (χ0n) is 16.1. The van der Waals surface area contributed by atoms with Gasteiger partial charge >= 0.3 is 0 Å². The van der Waals surface area contributed by atoms with Gasteiger partial charge in [0.2, 0.25) is 0 Å². The zero-order chi connectivity index (χ0) is 18.9. The summed E-state index contributed by atoms with van der Waals surface area (Å²) in [4.78, 5) is 18.8. The van der Waals surface area contributed by atoms with Gasteiger partial charge in [0.15, 0.2) is 5.65 Å². The summed E-state index contributed by atoms with van der Waals surface area (Å²) in [6, 6.07) is 12.7. The summed E-state index contributed by atoms with van der Waals surface area (Å²) < 4.78 is 2.09. The number of benzene rings is 1. The van der Waals surface area contributed by atoms with E-state index in [0.717, 1.165) is 54.1 Å². The summed E-state index contributed by atoms with van der Waals surface area (Å²) in [7, 11) is 0. The van der Waals surface area contributed by atoms with Crippen LogP contribution in [0.2, 0.25) is 0 Å². The first-order valence-corrected chi connectivity index (χ1v) is 10.1. The van der Waals surface area contributed by atoms with Crippen molar-refractivity contribution in [1.82, 2.24) is 24.5 Å². The van der Waals surface area contributed by atoms with Crippen LogP contribution in [0, 0.1) is 0 Å². The Morgan fingerprint density at radius 2 is 1.82 bits per heavy atom. The molecule has 0 atom stereocenters. The van der Waals surface area contributed by atoms with E-state index in [9.17, 15) is 0 Å². The van der Waals surface area contributed by atoms with Gasteiger partial charge in [-0.2, -0.15) is 0 Å². The van der Waals surface area contributed by atoms with Crippen LogP contribution in [0.3, 0.4) is 0 Å². The minimum Gasteiger partial charge on any atom is -0.311 e. The zero-order valence-corrected chi connectivity index (χ0v) is 16.1. The van der Waals surface area contributed by atoms with Crippen LogP contribution in [0.5, 0.6) is 0 Å². The Kier molecular flexibility index (Phi) is 4.35. The molecule has 0 amide bonds. The van der Waals surface area contributed by atoms with E-state index in [-0.39, 0.29) is 0 Å². The molecular weight excluding hydrogens is 346 g/mol. The molecule has 0 saturated carbocycles. The highest BCUT2D eigenvalue weighted by Crippen LogP contribution is 2.32. The second-order valence-electron chi connectivity index (χ2n) is 7.41. The molecule has 5 rings (SSSR count). The summed E-state index contributed by atoms with van der Waals surface area (Å²) in [5, 5.41) is 0. The minimum atomic E-state index is 0.744. The molecule has 3 heterocycles. The van der Waals surface area contributed by atoms with Crippen LogP contribution < -0.4 is 0 Å². The molecule has 0 saturated heterocycles. The molecule has 0 bridgehead atoms. The molecule has 5 nitrogen and oxygen atoms in total. The number of aryl methyl sites for hydroxylation is 2. The van der Waals surface area contributed by atoms with Crippen LogP contribution in [0.25, 0.3) is 22.6 Å². The standard InChI is InChI=1S/C23H23N5/c1-2-18-12-17-10-6-7-11-19(17)20(27-18)21-22-23(25-14-24-21)28(15-26-22)13-16-8-4-3-5-9-16/h3-5,8-9,12,14-15H,2,6-7,10-11,13H2,1H3. The number of rotatable bonds is 4. The SMILES string of the molecule is CCc1cc2c(c(-c3ncnc4c3ncn4Cc3ccccc3)n1)CCCC2. The van der Waals surface area contributed by atoms with E-state index in [4.69, 9.17) is 9.97 Å². The summed E-state index contributed by atoms with van der Waals surface area (Å²) in [5.41, 5.74) is 8.71. The minimum absolute atomic E-state index is 0.744. The first-order chi connectivity index (χ1) is 13.8. The summed E-state index contributed by atoms with van der Waals surface area (Å²) in [5.74, 6) is 0. The lowest BCUT2D eigenvalue weighted by Gasteiger charge is -2.20. The van der Waals surface area contributed by atoms with Crippen molar-refractivity contribution in [3.05, 3.63) is 71.4 Å². The van der Waals surface area contributed by atoms with Crippen LogP contribution in [0.4, 0.5) is 0 Å².